The Labute approximate surface area is 239 Å². The molecule has 0 radical (unpaired) electrons. The Bertz CT molecular complexity index is 1480. The molecular formula is C35H32O6. The van der Waals surface area contributed by atoms with Crippen molar-refractivity contribution in [3.63, 3.8) is 0 Å². The predicted octanol–water partition coefficient (Wildman–Crippen LogP) is 6.36. The number of hydrogen-bond donors (Lipinski definition) is 0. The molecule has 1 aliphatic heterocycles. The molecule has 0 aromatic heterocycles. The molecule has 1 saturated heterocycles. The molecule has 1 saturated carbocycles. The summed E-state index contributed by atoms with van der Waals surface area (Å²) in [6.45, 7) is 2.43. The monoisotopic (exact) mass is 548 g/mol. The number of cyclic esters (lactones) is 1. The second-order valence-electron chi connectivity index (χ2n) is 11.2. The molecule has 0 N–H and O–H groups in total. The minimum absolute atomic E-state index is 0.0479. The molecule has 6 nitrogen and oxygen atoms in total. The van der Waals surface area contributed by atoms with E-state index >= 15 is 0 Å². The minimum Gasteiger partial charge on any atom is -0.465 e. The normalized spacial score (nSPS) is 21.0. The van der Waals surface area contributed by atoms with Crippen LogP contribution in [0.5, 0.6) is 0 Å². The van der Waals surface area contributed by atoms with Gasteiger partial charge in [0.05, 0.1) is 6.61 Å². The third-order valence-electron chi connectivity index (χ3n) is 8.61. The lowest BCUT2D eigenvalue weighted by Gasteiger charge is -2.35. The van der Waals surface area contributed by atoms with Crippen molar-refractivity contribution in [2.45, 2.75) is 45.8 Å². The summed E-state index contributed by atoms with van der Waals surface area (Å²) < 4.78 is 17.2. The highest BCUT2D eigenvalue weighted by molar-refractivity contribution is 6.05. The summed E-state index contributed by atoms with van der Waals surface area (Å²) in [5.41, 5.74) is 3.79. The average Bonchev–Trinajstić information content (AvgIpc) is 3.58. The average molecular weight is 549 g/mol. The van der Waals surface area contributed by atoms with E-state index in [-0.39, 0.29) is 32.0 Å². The SMILES string of the molecule is CC1=C2CC(C(=O)OCc3ccccc3)(C(=O)OCc3ccccc3)CC2=C(c2ccccc2)C2(CCOC2=O)C1. The van der Waals surface area contributed by atoms with E-state index in [2.05, 4.69) is 0 Å². The first-order valence-electron chi connectivity index (χ1n) is 14.0. The molecule has 208 valence electrons. The second-order valence-corrected chi connectivity index (χ2v) is 11.2. The number of fused-ring (bicyclic) bond motifs is 1. The van der Waals surface area contributed by atoms with Gasteiger partial charge >= 0.3 is 17.9 Å². The summed E-state index contributed by atoms with van der Waals surface area (Å²) >= 11 is 0. The van der Waals surface area contributed by atoms with E-state index < -0.39 is 22.8 Å². The number of hydrogen-bond acceptors (Lipinski definition) is 6. The van der Waals surface area contributed by atoms with Crippen LogP contribution >= 0.6 is 0 Å². The first-order valence-corrected chi connectivity index (χ1v) is 14.0. The topological polar surface area (TPSA) is 78.9 Å². The van der Waals surface area contributed by atoms with Gasteiger partial charge in [-0.25, -0.2) is 0 Å². The molecule has 1 heterocycles. The van der Waals surface area contributed by atoms with Crippen LogP contribution in [0.25, 0.3) is 5.57 Å². The van der Waals surface area contributed by atoms with Crippen LogP contribution in [0, 0.1) is 10.8 Å². The summed E-state index contributed by atoms with van der Waals surface area (Å²) in [4.78, 5) is 41.4. The molecule has 3 aromatic rings. The van der Waals surface area contributed by atoms with Crippen LogP contribution in [0.3, 0.4) is 0 Å². The second kappa shape index (κ2) is 10.8. The van der Waals surface area contributed by atoms with Gasteiger partial charge in [0.25, 0.3) is 0 Å². The summed E-state index contributed by atoms with van der Waals surface area (Å²) in [7, 11) is 0. The van der Waals surface area contributed by atoms with Crippen molar-refractivity contribution in [1.29, 1.82) is 0 Å². The molecule has 3 aliphatic rings. The Kier molecular flexibility index (Phi) is 7.08. The number of carbonyl (C=O) groups excluding carboxylic acids is 3. The quantitative estimate of drug-likeness (QED) is 0.194. The molecule has 3 aromatic carbocycles. The van der Waals surface area contributed by atoms with Gasteiger partial charge in [0.15, 0.2) is 5.41 Å². The molecule has 0 bridgehead atoms. The van der Waals surface area contributed by atoms with Gasteiger partial charge < -0.3 is 14.2 Å². The number of rotatable bonds is 7. The lowest BCUT2D eigenvalue weighted by atomic mass is 9.65. The van der Waals surface area contributed by atoms with Crippen molar-refractivity contribution in [3.8, 4) is 0 Å². The molecule has 41 heavy (non-hydrogen) atoms. The number of carbonyl (C=O) groups is 3. The molecule has 0 amide bonds. The minimum atomic E-state index is -1.57. The molecule has 1 atom stereocenters. The maximum atomic E-state index is 14.0. The molecule has 2 aliphatic carbocycles. The van der Waals surface area contributed by atoms with Crippen molar-refractivity contribution < 1.29 is 28.6 Å². The van der Waals surface area contributed by atoms with Gasteiger partial charge in [-0.3, -0.25) is 14.4 Å². The fourth-order valence-electron chi connectivity index (χ4n) is 6.56. The highest BCUT2D eigenvalue weighted by atomic mass is 16.6. The first kappa shape index (κ1) is 26.8. The van der Waals surface area contributed by atoms with E-state index in [4.69, 9.17) is 14.2 Å². The lowest BCUT2D eigenvalue weighted by Crippen LogP contribution is -2.39. The van der Waals surface area contributed by atoms with Crippen molar-refractivity contribution in [1.82, 2.24) is 0 Å². The van der Waals surface area contributed by atoms with E-state index in [0.29, 0.717) is 19.4 Å². The van der Waals surface area contributed by atoms with Crippen LogP contribution in [0.1, 0.15) is 49.3 Å². The van der Waals surface area contributed by atoms with Crippen LogP contribution < -0.4 is 0 Å². The first-order chi connectivity index (χ1) is 19.9. The molecule has 6 heteroatoms. The molecule has 2 fully saturated rings. The van der Waals surface area contributed by atoms with Gasteiger partial charge in [-0.15, -0.1) is 0 Å². The van der Waals surface area contributed by atoms with E-state index in [0.717, 1.165) is 39.0 Å². The number of esters is 3. The fraction of sp³-hybridized carbons (Fsp3) is 0.286. The standard InChI is InChI=1S/C35H32O6/c1-24-19-34(17-18-39-31(34)36)30(27-15-9-4-10-16-27)29-21-35(20-28(24)29,32(37)40-22-25-11-5-2-6-12-25)33(38)41-23-26-13-7-3-8-14-26/h2-16H,17-23H2,1H3. The molecule has 1 unspecified atom stereocenters. The van der Waals surface area contributed by atoms with Crippen LogP contribution in [0.4, 0.5) is 0 Å². The zero-order valence-corrected chi connectivity index (χ0v) is 23.1. The van der Waals surface area contributed by atoms with Crippen molar-refractivity contribution in [3.05, 3.63) is 124 Å². The van der Waals surface area contributed by atoms with Crippen LogP contribution in [-0.2, 0) is 41.8 Å². The number of benzene rings is 3. The zero-order valence-electron chi connectivity index (χ0n) is 23.1. The Morgan fingerprint density at radius 3 is 1.76 bits per heavy atom. The summed E-state index contributed by atoms with van der Waals surface area (Å²) in [5, 5.41) is 0. The van der Waals surface area contributed by atoms with Gasteiger partial charge in [0.2, 0.25) is 0 Å². The maximum absolute atomic E-state index is 14.0. The number of allylic oxidation sites excluding steroid dienone is 3. The maximum Gasteiger partial charge on any atom is 0.324 e. The predicted molar refractivity (Wildman–Crippen MR) is 153 cm³/mol. The third kappa shape index (κ3) is 4.77. The summed E-state index contributed by atoms with van der Waals surface area (Å²) in [6, 6.07) is 28.6. The van der Waals surface area contributed by atoms with Crippen LogP contribution in [-0.4, -0.2) is 24.5 Å². The Morgan fingerprint density at radius 2 is 1.24 bits per heavy atom. The Hall–Kier alpha value is -4.45. The van der Waals surface area contributed by atoms with E-state index in [1.807, 2.05) is 97.9 Å². The van der Waals surface area contributed by atoms with Crippen molar-refractivity contribution >= 4 is 23.5 Å². The van der Waals surface area contributed by atoms with Crippen LogP contribution in [0.2, 0.25) is 0 Å². The summed E-state index contributed by atoms with van der Waals surface area (Å²) in [5.74, 6) is -1.48. The van der Waals surface area contributed by atoms with Gasteiger partial charge in [0.1, 0.15) is 18.6 Å². The van der Waals surface area contributed by atoms with Crippen LogP contribution in [0.15, 0.2) is 108 Å². The van der Waals surface area contributed by atoms with Gasteiger partial charge in [0, 0.05) is 12.8 Å². The van der Waals surface area contributed by atoms with E-state index in [1.54, 1.807) is 0 Å². The van der Waals surface area contributed by atoms with E-state index in [1.165, 1.54) is 0 Å². The number of ether oxygens (including phenoxy) is 3. The fourth-order valence-corrected chi connectivity index (χ4v) is 6.56. The summed E-state index contributed by atoms with van der Waals surface area (Å²) in [6.07, 6.45) is 1.30. The molecular weight excluding hydrogens is 516 g/mol. The van der Waals surface area contributed by atoms with Gasteiger partial charge in [-0.2, -0.15) is 0 Å². The largest absolute Gasteiger partial charge is 0.465 e. The van der Waals surface area contributed by atoms with Gasteiger partial charge in [-0.05, 0) is 53.2 Å². The Balaban J connectivity index is 1.43. The highest BCUT2D eigenvalue weighted by Crippen LogP contribution is 2.60. The zero-order chi connectivity index (χ0) is 28.5. The highest BCUT2D eigenvalue weighted by Gasteiger charge is 2.60. The molecule has 1 spiro atoms. The van der Waals surface area contributed by atoms with Gasteiger partial charge in [-0.1, -0.05) is 96.6 Å². The van der Waals surface area contributed by atoms with Crippen molar-refractivity contribution in [2.24, 2.45) is 10.8 Å². The van der Waals surface area contributed by atoms with Crippen molar-refractivity contribution in [2.75, 3.05) is 6.61 Å². The lowest BCUT2D eigenvalue weighted by molar-refractivity contribution is -0.173. The van der Waals surface area contributed by atoms with E-state index in [9.17, 15) is 14.4 Å². The smallest absolute Gasteiger partial charge is 0.324 e. The molecule has 6 rings (SSSR count). The third-order valence-corrected chi connectivity index (χ3v) is 8.61. The Morgan fingerprint density at radius 1 is 0.732 bits per heavy atom.